The molecule has 5 heteroatoms. The predicted octanol–water partition coefficient (Wildman–Crippen LogP) is 1.38. The minimum absolute atomic E-state index is 0.103. The Balaban J connectivity index is 2.93. The van der Waals surface area contributed by atoms with Crippen molar-refractivity contribution < 1.29 is 12.6 Å². The molecule has 0 fully saturated rings. The van der Waals surface area contributed by atoms with Crippen molar-refractivity contribution in [2.75, 3.05) is 12.3 Å². The maximum atomic E-state index is 11.5. The molecule has 0 saturated carbocycles. The van der Waals surface area contributed by atoms with Crippen molar-refractivity contribution >= 4 is 15.8 Å². The Morgan fingerprint density at radius 2 is 2.14 bits per heavy atom. The minimum Gasteiger partial charge on any atom is -0.399 e. The molecule has 0 aliphatic rings. The third kappa shape index (κ3) is 2.71. The van der Waals surface area contributed by atoms with Crippen molar-refractivity contribution in [1.29, 1.82) is 0 Å². The van der Waals surface area contributed by atoms with Crippen LogP contribution in [0.2, 0.25) is 0 Å². The smallest absolute Gasteiger partial charge is 0.297 e. The summed E-state index contributed by atoms with van der Waals surface area (Å²) >= 11 is 0. The zero-order valence-electron chi connectivity index (χ0n) is 7.93. The molecule has 0 saturated heterocycles. The number of hydrogen-bond acceptors (Lipinski definition) is 4. The fraction of sp³-hybridized carbons (Fsp3) is 0.333. The SMILES string of the molecule is CCCOS(=O)(=O)c1cccc(N)c1. The summed E-state index contributed by atoms with van der Waals surface area (Å²) in [4.78, 5) is 0.103. The maximum Gasteiger partial charge on any atom is 0.297 e. The summed E-state index contributed by atoms with van der Waals surface area (Å²) in [6, 6.07) is 6.04. The lowest BCUT2D eigenvalue weighted by Gasteiger charge is -2.04. The van der Waals surface area contributed by atoms with Crippen molar-refractivity contribution in [1.82, 2.24) is 0 Å². The lowest BCUT2D eigenvalue weighted by Crippen LogP contribution is -2.07. The summed E-state index contributed by atoms with van der Waals surface area (Å²) in [6.45, 7) is 2.03. The number of anilines is 1. The second-order valence-electron chi connectivity index (χ2n) is 2.85. The van der Waals surface area contributed by atoms with E-state index >= 15 is 0 Å². The topological polar surface area (TPSA) is 69.4 Å². The number of nitrogens with two attached hydrogens (primary N) is 1. The molecule has 0 heterocycles. The molecule has 4 nitrogen and oxygen atoms in total. The molecule has 0 atom stereocenters. The lowest BCUT2D eigenvalue weighted by atomic mass is 10.3. The highest BCUT2D eigenvalue weighted by Gasteiger charge is 2.14. The lowest BCUT2D eigenvalue weighted by molar-refractivity contribution is 0.318. The molecule has 1 rings (SSSR count). The number of nitrogen functional groups attached to an aromatic ring is 1. The first-order valence-electron chi connectivity index (χ1n) is 4.31. The Kier molecular flexibility index (Phi) is 3.49. The van der Waals surface area contributed by atoms with Gasteiger partial charge in [0.15, 0.2) is 0 Å². The van der Waals surface area contributed by atoms with Gasteiger partial charge in [0.05, 0.1) is 11.5 Å². The van der Waals surface area contributed by atoms with Gasteiger partial charge in [-0.1, -0.05) is 13.0 Å². The van der Waals surface area contributed by atoms with E-state index in [0.29, 0.717) is 12.1 Å². The average molecular weight is 215 g/mol. The molecule has 1 aromatic rings. The van der Waals surface area contributed by atoms with E-state index in [1.54, 1.807) is 12.1 Å². The Hall–Kier alpha value is -1.07. The van der Waals surface area contributed by atoms with E-state index in [1.165, 1.54) is 12.1 Å². The number of hydrogen-bond donors (Lipinski definition) is 1. The van der Waals surface area contributed by atoms with E-state index in [9.17, 15) is 8.42 Å². The van der Waals surface area contributed by atoms with Gasteiger partial charge in [0.2, 0.25) is 0 Å². The van der Waals surface area contributed by atoms with Crippen molar-refractivity contribution in [3.63, 3.8) is 0 Å². The van der Waals surface area contributed by atoms with Crippen LogP contribution in [0.4, 0.5) is 5.69 Å². The molecule has 0 aromatic heterocycles. The van der Waals surface area contributed by atoms with Crippen LogP contribution in [0.1, 0.15) is 13.3 Å². The largest absolute Gasteiger partial charge is 0.399 e. The maximum absolute atomic E-state index is 11.5. The van der Waals surface area contributed by atoms with Crippen LogP contribution in [0, 0.1) is 0 Å². The molecular formula is C9H13NO3S. The van der Waals surface area contributed by atoms with Crippen molar-refractivity contribution in [3.8, 4) is 0 Å². The van der Waals surface area contributed by atoms with E-state index in [1.807, 2.05) is 6.92 Å². The minimum atomic E-state index is -3.62. The van der Waals surface area contributed by atoms with Crippen LogP contribution in [0.25, 0.3) is 0 Å². The zero-order chi connectivity index (χ0) is 10.6. The second-order valence-corrected chi connectivity index (χ2v) is 4.46. The highest BCUT2D eigenvalue weighted by Crippen LogP contribution is 2.15. The molecule has 0 aliphatic carbocycles. The molecule has 0 radical (unpaired) electrons. The quantitative estimate of drug-likeness (QED) is 0.608. The summed E-state index contributed by atoms with van der Waals surface area (Å²) in [5, 5.41) is 0. The first kappa shape index (κ1) is 11.0. The van der Waals surface area contributed by atoms with Crippen LogP contribution in [-0.2, 0) is 14.3 Å². The van der Waals surface area contributed by atoms with Crippen LogP contribution >= 0.6 is 0 Å². The van der Waals surface area contributed by atoms with Crippen LogP contribution < -0.4 is 5.73 Å². The highest BCUT2D eigenvalue weighted by atomic mass is 32.2. The standard InChI is InChI=1S/C9H13NO3S/c1-2-6-13-14(11,12)9-5-3-4-8(10)7-9/h3-5,7H,2,6,10H2,1H3. The van der Waals surface area contributed by atoms with Gasteiger partial charge in [-0.05, 0) is 24.6 Å². The average Bonchev–Trinajstić information content (AvgIpc) is 2.15. The van der Waals surface area contributed by atoms with Crippen LogP contribution in [-0.4, -0.2) is 15.0 Å². The predicted molar refractivity (Wildman–Crippen MR) is 54.3 cm³/mol. The van der Waals surface area contributed by atoms with Gasteiger partial charge in [0, 0.05) is 5.69 Å². The molecule has 0 unspecified atom stereocenters. The third-order valence-electron chi connectivity index (χ3n) is 1.59. The van der Waals surface area contributed by atoms with Crippen molar-refractivity contribution in [2.45, 2.75) is 18.2 Å². The van der Waals surface area contributed by atoms with Crippen LogP contribution in [0.15, 0.2) is 29.2 Å². The molecule has 14 heavy (non-hydrogen) atoms. The summed E-state index contributed by atoms with van der Waals surface area (Å²) in [5.41, 5.74) is 5.87. The van der Waals surface area contributed by atoms with Gasteiger partial charge in [-0.15, -0.1) is 0 Å². The monoisotopic (exact) mass is 215 g/mol. The van der Waals surface area contributed by atoms with Gasteiger partial charge < -0.3 is 5.73 Å². The summed E-state index contributed by atoms with van der Waals surface area (Å²) in [7, 11) is -3.62. The molecule has 2 N–H and O–H groups in total. The van der Waals surface area contributed by atoms with Crippen molar-refractivity contribution in [3.05, 3.63) is 24.3 Å². The van der Waals surface area contributed by atoms with Gasteiger partial charge in [-0.3, -0.25) is 4.18 Å². The van der Waals surface area contributed by atoms with Crippen LogP contribution in [0.3, 0.4) is 0 Å². The number of benzene rings is 1. The van der Waals surface area contributed by atoms with Gasteiger partial charge >= 0.3 is 0 Å². The molecule has 1 aromatic carbocycles. The van der Waals surface area contributed by atoms with Crippen LogP contribution in [0.5, 0.6) is 0 Å². The highest BCUT2D eigenvalue weighted by molar-refractivity contribution is 7.86. The Morgan fingerprint density at radius 1 is 1.43 bits per heavy atom. The molecule has 0 amide bonds. The molecular weight excluding hydrogens is 202 g/mol. The van der Waals surface area contributed by atoms with Gasteiger partial charge in [0.1, 0.15) is 0 Å². The number of rotatable bonds is 4. The fourth-order valence-electron chi connectivity index (χ4n) is 0.931. The van der Waals surface area contributed by atoms with Gasteiger partial charge in [-0.25, -0.2) is 0 Å². The van der Waals surface area contributed by atoms with E-state index in [2.05, 4.69) is 0 Å². The summed E-state index contributed by atoms with van der Waals surface area (Å²) in [6.07, 6.45) is 0.654. The van der Waals surface area contributed by atoms with E-state index in [-0.39, 0.29) is 11.5 Å². The zero-order valence-corrected chi connectivity index (χ0v) is 8.75. The normalized spacial score (nSPS) is 11.5. The fourth-order valence-corrected chi connectivity index (χ4v) is 1.98. The molecule has 0 bridgehead atoms. The second kappa shape index (κ2) is 4.43. The Bertz CT molecular complexity index is 400. The Morgan fingerprint density at radius 3 is 2.71 bits per heavy atom. The van der Waals surface area contributed by atoms with E-state index < -0.39 is 10.1 Å². The summed E-state index contributed by atoms with van der Waals surface area (Å²) in [5.74, 6) is 0. The molecule has 0 spiro atoms. The van der Waals surface area contributed by atoms with Crippen molar-refractivity contribution in [2.24, 2.45) is 0 Å². The first-order valence-corrected chi connectivity index (χ1v) is 5.72. The molecule has 78 valence electrons. The van der Waals surface area contributed by atoms with E-state index in [4.69, 9.17) is 9.92 Å². The summed E-state index contributed by atoms with van der Waals surface area (Å²) < 4.78 is 27.7. The van der Waals surface area contributed by atoms with E-state index in [0.717, 1.165) is 0 Å². The van der Waals surface area contributed by atoms with Gasteiger partial charge in [-0.2, -0.15) is 8.42 Å². The molecule has 0 aliphatic heterocycles. The first-order chi connectivity index (χ1) is 6.56. The third-order valence-corrected chi connectivity index (χ3v) is 2.90. The Labute approximate surface area is 83.8 Å². The van der Waals surface area contributed by atoms with Gasteiger partial charge in [0.25, 0.3) is 10.1 Å².